The summed E-state index contributed by atoms with van der Waals surface area (Å²) in [6, 6.07) is 6.85. The Hall–Kier alpha value is -1.92. The average Bonchev–Trinajstić information content (AvgIpc) is 2.56. The minimum atomic E-state index is -0.361. The first-order valence-electron chi connectivity index (χ1n) is 8.49. The maximum absolute atomic E-state index is 12.1. The van der Waals surface area contributed by atoms with E-state index < -0.39 is 0 Å². The first kappa shape index (κ1) is 18.4. The number of hydrogen-bond donors (Lipinski definition) is 1. The first-order chi connectivity index (χ1) is 11.6. The lowest BCUT2D eigenvalue weighted by Gasteiger charge is -2.25. The summed E-state index contributed by atoms with van der Waals surface area (Å²) < 4.78 is 10.7. The number of benzene rings is 1. The second-order valence-electron chi connectivity index (χ2n) is 6.02. The Bertz CT molecular complexity index is 556. The van der Waals surface area contributed by atoms with Crippen LogP contribution in [0.5, 0.6) is 0 Å². The molecular formula is C18H26N2O4. The third kappa shape index (κ3) is 5.94. The second-order valence-corrected chi connectivity index (χ2v) is 6.02. The van der Waals surface area contributed by atoms with Crippen molar-refractivity contribution in [3.8, 4) is 0 Å². The molecular weight excluding hydrogens is 308 g/mol. The van der Waals surface area contributed by atoms with Crippen LogP contribution in [0.4, 0.5) is 5.69 Å². The Balaban J connectivity index is 1.89. The quantitative estimate of drug-likeness (QED) is 0.775. The fourth-order valence-electron chi connectivity index (χ4n) is 2.60. The summed E-state index contributed by atoms with van der Waals surface area (Å²) in [6.07, 6.45) is 1.69. The summed E-state index contributed by atoms with van der Waals surface area (Å²) in [5.41, 5.74) is 1.05. The molecule has 1 aromatic carbocycles. The monoisotopic (exact) mass is 334 g/mol. The van der Waals surface area contributed by atoms with Crippen LogP contribution in [0.2, 0.25) is 0 Å². The van der Waals surface area contributed by atoms with Crippen molar-refractivity contribution in [3.63, 3.8) is 0 Å². The van der Waals surface area contributed by atoms with Gasteiger partial charge in [-0.15, -0.1) is 0 Å². The average molecular weight is 334 g/mol. The maximum Gasteiger partial charge on any atom is 0.338 e. The Kier molecular flexibility index (Phi) is 7.21. The van der Waals surface area contributed by atoms with Crippen molar-refractivity contribution in [2.75, 3.05) is 38.2 Å². The van der Waals surface area contributed by atoms with Crippen molar-refractivity contribution in [2.24, 2.45) is 0 Å². The summed E-state index contributed by atoms with van der Waals surface area (Å²) in [5, 5.41) is 2.83. The predicted molar refractivity (Wildman–Crippen MR) is 92.1 cm³/mol. The van der Waals surface area contributed by atoms with Crippen molar-refractivity contribution in [1.29, 1.82) is 0 Å². The lowest BCUT2D eigenvalue weighted by atomic mass is 10.2. The van der Waals surface area contributed by atoms with Crippen LogP contribution in [-0.2, 0) is 14.3 Å². The highest BCUT2D eigenvalue weighted by atomic mass is 16.5. The second kappa shape index (κ2) is 9.39. The molecule has 1 amide bonds. The topological polar surface area (TPSA) is 67.9 Å². The highest BCUT2D eigenvalue weighted by Gasteiger charge is 2.15. The molecule has 0 bridgehead atoms. The van der Waals surface area contributed by atoms with Gasteiger partial charge in [0.2, 0.25) is 5.91 Å². The molecule has 0 aliphatic carbocycles. The zero-order chi connectivity index (χ0) is 17.4. The van der Waals surface area contributed by atoms with Crippen LogP contribution in [0.15, 0.2) is 24.3 Å². The molecule has 6 nitrogen and oxygen atoms in total. The van der Waals surface area contributed by atoms with E-state index in [2.05, 4.69) is 12.2 Å². The van der Waals surface area contributed by atoms with Gasteiger partial charge in [0.1, 0.15) is 0 Å². The zero-order valence-corrected chi connectivity index (χ0v) is 14.4. The molecule has 1 unspecified atom stereocenters. The van der Waals surface area contributed by atoms with E-state index in [9.17, 15) is 9.59 Å². The molecule has 2 rings (SSSR count). The van der Waals surface area contributed by atoms with E-state index in [-0.39, 0.29) is 18.0 Å². The van der Waals surface area contributed by atoms with Gasteiger partial charge in [-0.2, -0.15) is 0 Å². The minimum absolute atomic E-state index is 0.0956. The van der Waals surface area contributed by atoms with Gasteiger partial charge in [-0.1, -0.05) is 19.4 Å². The van der Waals surface area contributed by atoms with Crippen molar-refractivity contribution >= 4 is 17.6 Å². The van der Waals surface area contributed by atoms with E-state index in [1.54, 1.807) is 24.3 Å². The van der Waals surface area contributed by atoms with Gasteiger partial charge in [0.05, 0.1) is 31.4 Å². The Morgan fingerprint density at radius 2 is 2.08 bits per heavy atom. The minimum Gasteiger partial charge on any atom is -0.459 e. The van der Waals surface area contributed by atoms with Gasteiger partial charge in [-0.3, -0.25) is 9.69 Å². The largest absolute Gasteiger partial charge is 0.459 e. The Labute approximate surface area is 143 Å². The SMILES string of the molecule is CCCC(C)OC(=O)c1cccc(NC(=O)CN2CCOCC2)c1. The molecule has 1 N–H and O–H groups in total. The van der Waals surface area contributed by atoms with E-state index in [0.717, 1.165) is 25.9 Å². The van der Waals surface area contributed by atoms with Crippen LogP contribution in [0, 0.1) is 0 Å². The lowest BCUT2D eigenvalue weighted by Crippen LogP contribution is -2.41. The number of carbonyl (C=O) groups is 2. The Morgan fingerprint density at radius 1 is 1.33 bits per heavy atom. The normalized spacial score (nSPS) is 16.4. The van der Waals surface area contributed by atoms with Gasteiger partial charge in [-0.05, 0) is 31.5 Å². The van der Waals surface area contributed by atoms with Crippen LogP contribution in [-0.4, -0.2) is 55.7 Å². The van der Waals surface area contributed by atoms with Crippen molar-refractivity contribution < 1.29 is 19.1 Å². The van der Waals surface area contributed by atoms with Gasteiger partial charge in [0.25, 0.3) is 0 Å². The number of carbonyl (C=O) groups excluding carboxylic acids is 2. The molecule has 1 heterocycles. The molecule has 0 spiro atoms. The molecule has 1 aliphatic rings. The summed E-state index contributed by atoms with van der Waals surface area (Å²) in [5.74, 6) is -0.456. The van der Waals surface area contributed by atoms with E-state index in [1.807, 2.05) is 11.8 Å². The molecule has 1 aliphatic heterocycles. The van der Waals surface area contributed by atoms with Gasteiger partial charge in [-0.25, -0.2) is 4.79 Å². The summed E-state index contributed by atoms with van der Waals surface area (Å²) >= 11 is 0. The molecule has 1 fully saturated rings. The number of morpholine rings is 1. The van der Waals surface area contributed by atoms with Gasteiger partial charge in [0, 0.05) is 18.8 Å². The van der Waals surface area contributed by atoms with Crippen molar-refractivity contribution in [2.45, 2.75) is 32.8 Å². The van der Waals surface area contributed by atoms with Crippen LogP contribution in [0.3, 0.4) is 0 Å². The summed E-state index contributed by atoms with van der Waals surface area (Å²) in [7, 11) is 0. The molecule has 24 heavy (non-hydrogen) atoms. The van der Waals surface area contributed by atoms with Gasteiger partial charge in [0.15, 0.2) is 0 Å². The van der Waals surface area contributed by atoms with Crippen LogP contribution >= 0.6 is 0 Å². The van der Waals surface area contributed by atoms with Crippen molar-refractivity contribution in [3.05, 3.63) is 29.8 Å². The van der Waals surface area contributed by atoms with Crippen LogP contribution < -0.4 is 5.32 Å². The number of nitrogens with zero attached hydrogens (tertiary/aromatic N) is 1. The molecule has 132 valence electrons. The molecule has 1 saturated heterocycles. The highest BCUT2D eigenvalue weighted by Crippen LogP contribution is 2.14. The third-order valence-electron chi connectivity index (χ3n) is 3.86. The highest BCUT2D eigenvalue weighted by molar-refractivity contribution is 5.95. The Morgan fingerprint density at radius 3 is 2.79 bits per heavy atom. The van der Waals surface area contributed by atoms with E-state index in [1.165, 1.54) is 0 Å². The first-order valence-corrected chi connectivity index (χ1v) is 8.49. The van der Waals surface area contributed by atoms with Crippen LogP contribution in [0.1, 0.15) is 37.0 Å². The molecule has 6 heteroatoms. The van der Waals surface area contributed by atoms with Crippen molar-refractivity contribution in [1.82, 2.24) is 4.90 Å². The molecule has 0 radical (unpaired) electrons. The number of ether oxygens (including phenoxy) is 2. The predicted octanol–water partition coefficient (Wildman–Crippen LogP) is 2.30. The number of rotatable bonds is 7. The smallest absolute Gasteiger partial charge is 0.338 e. The number of nitrogens with one attached hydrogen (secondary N) is 1. The summed E-state index contributed by atoms with van der Waals surface area (Å²) in [6.45, 7) is 7.09. The van der Waals surface area contributed by atoms with Gasteiger partial charge < -0.3 is 14.8 Å². The standard InChI is InChI=1S/C18H26N2O4/c1-3-5-14(2)24-18(22)15-6-4-7-16(12-15)19-17(21)13-20-8-10-23-11-9-20/h4,6-7,12,14H,3,5,8-11,13H2,1-2H3,(H,19,21). The molecule has 1 atom stereocenters. The molecule has 1 aromatic rings. The lowest BCUT2D eigenvalue weighted by molar-refractivity contribution is -0.118. The van der Waals surface area contributed by atoms with E-state index >= 15 is 0 Å². The number of hydrogen-bond acceptors (Lipinski definition) is 5. The molecule has 0 aromatic heterocycles. The number of anilines is 1. The number of amides is 1. The van der Waals surface area contributed by atoms with Gasteiger partial charge >= 0.3 is 5.97 Å². The zero-order valence-electron chi connectivity index (χ0n) is 14.4. The maximum atomic E-state index is 12.1. The third-order valence-corrected chi connectivity index (χ3v) is 3.86. The fraction of sp³-hybridized carbons (Fsp3) is 0.556. The van der Waals surface area contributed by atoms with Crippen LogP contribution in [0.25, 0.3) is 0 Å². The number of esters is 1. The fourth-order valence-corrected chi connectivity index (χ4v) is 2.60. The molecule has 0 saturated carbocycles. The summed E-state index contributed by atoms with van der Waals surface area (Å²) in [4.78, 5) is 26.3. The van der Waals surface area contributed by atoms with E-state index in [0.29, 0.717) is 31.0 Å². The van der Waals surface area contributed by atoms with E-state index in [4.69, 9.17) is 9.47 Å².